The summed E-state index contributed by atoms with van der Waals surface area (Å²) in [7, 11) is 0. The lowest BCUT2D eigenvalue weighted by Crippen LogP contribution is -2.31. The third-order valence-corrected chi connectivity index (χ3v) is 2.55. The molecule has 0 aliphatic carbocycles. The Morgan fingerprint density at radius 2 is 2.17 bits per heavy atom. The molecule has 2 N–H and O–H groups in total. The zero-order valence-electron chi connectivity index (χ0n) is 11.3. The molecule has 1 rings (SSSR count). The lowest BCUT2D eigenvalue weighted by molar-refractivity contribution is 0.0207. The van der Waals surface area contributed by atoms with Gasteiger partial charge in [0.1, 0.15) is 5.56 Å². The summed E-state index contributed by atoms with van der Waals surface area (Å²) in [6.45, 7) is 8.14. The second-order valence-electron chi connectivity index (χ2n) is 4.65. The van der Waals surface area contributed by atoms with Crippen molar-refractivity contribution in [2.45, 2.75) is 34.1 Å². The van der Waals surface area contributed by atoms with Crippen molar-refractivity contribution in [3.05, 3.63) is 33.2 Å². The number of hydroxylamine groups is 1. The number of hydrogen-bond donors (Lipinski definition) is 2. The Morgan fingerprint density at radius 1 is 1.50 bits per heavy atom. The van der Waals surface area contributed by atoms with Crippen LogP contribution in [0.1, 0.15) is 42.4 Å². The predicted octanol–water partition coefficient (Wildman–Crippen LogP) is 1.56. The first kappa shape index (κ1) is 14.4. The average molecular weight is 252 g/mol. The van der Waals surface area contributed by atoms with Crippen LogP contribution in [-0.4, -0.2) is 17.5 Å². The number of nitrogens with one attached hydrogen (secondary N) is 2. The molecule has 0 spiro atoms. The van der Waals surface area contributed by atoms with Crippen LogP contribution >= 0.6 is 0 Å². The highest BCUT2D eigenvalue weighted by Gasteiger charge is 2.13. The van der Waals surface area contributed by atoms with E-state index in [9.17, 15) is 9.59 Å². The summed E-state index contributed by atoms with van der Waals surface area (Å²) in [4.78, 5) is 31.1. The number of rotatable bonds is 5. The molecule has 0 saturated carbocycles. The molecular weight excluding hydrogens is 232 g/mol. The molecule has 0 atom stereocenters. The number of carbonyl (C=O) groups is 1. The van der Waals surface area contributed by atoms with Gasteiger partial charge in [0.05, 0.1) is 6.61 Å². The number of aromatic nitrogens is 1. The lowest BCUT2D eigenvalue weighted by Gasteiger charge is -2.09. The number of aromatic amines is 1. The molecular formula is C13H20N2O3. The number of amides is 1. The van der Waals surface area contributed by atoms with Gasteiger partial charge in [0.15, 0.2) is 0 Å². The molecule has 0 fully saturated rings. The monoisotopic (exact) mass is 252 g/mol. The van der Waals surface area contributed by atoms with Crippen LogP contribution in [0.2, 0.25) is 0 Å². The predicted molar refractivity (Wildman–Crippen MR) is 69.4 cm³/mol. The Kier molecular flexibility index (Phi) is 5.09. The Morgan fingerprint density at radius 3 is 2.72 bits per heavy atom. The maximum absolute atomic E-state index is 11.8. The van der Waals surface area contributed by atoms with Crippen molar-refractivity contribution in [3.8, 4) is 0 Å². The fraction of sp³-hybridized carbons (Fsp3) is 0.538. The van der Waals surface area contributed by atoms with Gasteiger partial charge in [0.25, 0.3) is 11.5 Å². The van der Waals surface area contributed by atoms with E-state index < -0.39 is 11.5 Å². The van der Waals surface area contributed by atoms with E-state index in [1.807, 2.05) is 27.7 Å². The Bertz CT molecular complexity index is 478. The number of carbonyl (C=O) groups excluding carboxylic acids is 1. The molecule has 1 aromatic heterocycles. The summed E-state index contributed by atoms with van der Waals surface area (Å²) >= 11 is 0. The Labute approximate surface area is 107 Å². The molecule has 1 heterocycles. The van der Waals surface area contributed by atoms with Crippen LogP contribution in [0.3, 0.4) is 0 Å². The standard InChI is InChI=1S/C13H20N2O3/c1-5-10-6-11(12(16)14-9(10)4)13(17)15-18-7-8(2)3/h6,8H,5,7H2,1-4H3,(H,14,16)(H,15,17). The fourth-order valence-electron chi connectivity index (χ4n) is 1.53. The lowest BCUT2D eigenvalue weighted by atomic mass is 10.1. The van der Waals surface area contributed by atoms with Crippen molar-refractivity contribution in [2.24, 2.45) is 5.92 Å². The van der Waals surface area contributed by atoms with Crippen LogP contribution in [0.5, 0.6) is 0 Å². The average Bonchev–Trinajstić information content (AvgIpc) is 2.28. The molecule has 18 heavy (non-hydrogen) atoms. The maximum atomic E-state index is 11.8. The van der Waals surface area contributed by atoms with E-state index in [0.29, 0.717) is 12.5 Å². The van der Waals surface area contributed by atoms with Gasteiger partial charge in [0, 0.05) is 5.69 Å². The van der Waals surface area contributed by atoms with Gasteiger partial charge in [-0.2, -0.15) is 0 Å². The zero-order valence-corrected chi connectivity index (χ0v) is 11.3. The number of pyridine rings is 1. The van der Waals surface area contributed by atoms with Crippen molar-refractivity contribution in [1.82, 2.24) is 10.5 Å². The summed E-state index contributed by atoms with van der Waals surface area (Å²) in [6.07, 6.45) is 0.760. The van der Waals surface area contributed by atoms with Gasteiger partial charge in [-0.3, -0.25) is 14.4 Å². The van der Waals surface area contributed by atoms with Crippen molar-refractivity contribution < 1.29 is 9.63 Å². The van der Waals surface area contributed by atoms with Crippen LogP contribution in [0.15, 0.2) is 10.9 Å². The van der Waals surface area contributed by atoms with Gasteiger partial charge in [-0.15, -0.1) is 0 Å². The van der Waals surface area contributed by atoms with Gasteiger partial charge in [0.2, 0.25) is 0 Å². The SMILES string of the molecule is CCc1cc(C(=O)NOCC(C)C)c(=O)[nH]c1C. The quantitative estimate of drug-likeness (QED) is 0.781. The normalized spacial score (nSPS) is 10.7. The molecule has 0 saturated heterocycles. The minimum atomic E-state index is -0.508. The van der Waals surface area contributed by atoms with E-state index in [1.165, 1.54) is 0 Å². The van der Waals surface area contributed by atoms with E-state index in [0.717, 1.165) is 17.7 Å². The molecule has 0 bridgehead atoms. The Hall–Kier alpha value is -1.62. The summed E-state index contributed by atoms with van der Waals surface area (Å²) in [5.74, 6) is -0.195. The largest absolute Gasteiger partial charge is 0.326 e. The van der Waals surface area contributed by atoms with Gasteiger partial charge in [-0.05, 0) is 30.9 Å². The highest BCUT2D eigenvalue weighted by molar-refractivity contribution is 5.93. The van der Waals surface area contributed by atoms with Crippen LogP contribution in [-0.2, 0) is 11.3 Å². The number of H-pyrrole nitrogens is 1. The molecule has 0 unspecified atom stereocenters. The molecule has 0 aromatic carbocycles. The van der Waals surface area contributed by atoms with Crippen molar-refractivity contribution in [1.29, 1.82) is 0 Å². The van der Waals surface area contributed by atoms with E-state index in [4.69, 9.17) is 4.84 Å². The Balaban J connectivity index is 2.82. The van der Waals surface area contributed by atoms with Crippen LogP contribution < -0.4 is 11.0 Å². The topological polar surface area (TPSA) is 71.2 Å². The number of hydrogen-bond acceptors (Lipinski definition) is 3. The third kappa shape index (κ3) is 3.70. The molecule has 5 heteroatoms. The number of aryl methyl sites for hydroxylation is 2. The molecule has 5 nitrogen and oxygen atoms in total. The first-order valence-corrected chi connectivity index (χ1v) is 6.10. The molecule has 0 radical (unpaired) electrons. The highest BCUT2D eigenvalue weighted by Crippen LogP contribution is 2.05. The summed E-state index contributed by atoms with van der Waals surface area (Å²) in [5, 5.41) is 0. The fourth-order valence-corrected chi connectivity index (χ4v) is 1.53. The minimum absolute atomic E-state index is 0.0845. The molecule has 1 aromatic rings. The van der Waals surface area contributed by atoms with Crippen molar-refractivity contribution in [3.63, 3.8) is 0 Å². The van der Waals surface area contributed by atoms with Gasteiger partial charge in [-0.25, -0.2) is 5.48 Å². The summed E-state index contributed by atoms with van der Waals surface area (Å²) in [6, 6.07) is 1.61. The van der Waals surface area contributed by atoms with Crippen molar-refractivity contribution >= 4 is 5.91 Å². The van der Waals surface area contributed by atoms with Crippen LogP contribution in [0.4, 0.5) is 0 Å². The minimum Gasteiger partial charge on any atom is -0.326 e. The van der Waals surface area contributed by atoms with E-state index in [-0.39, 0.29) is 5.56 Å². The molecule has 0 aliphatic rings. The second-order valence-corrected chi connectivity index (χ2v) is 4.65. The summed E-state index contributed by atoms with van der Waals surface area (Å²) in [5.41, 5.74) is 3.72. The molecule has 1 amide bonds. The maximum Gasteiger partial charge on any atom is 0.280 e. The zero-order chi connectivity index (χ0) is 13.7. The summed E-state index contributed by atoms with van der Waals surface area (Å²) < 4.78 is 0. The molecule has 100 valence electrons. The highest BCUT2D eigenvalue weighted by atomic mass is 16.6. The van der Waals surface area contributed by atoms with Crippen LogP contribution in [0.25, 0.3) is 0 Å². The third-order valence-electron chi connectivity index (χ3n) is 2.55. The first-order chi connectivity index (χ1) is 8.45. The second kappa shape index (κ2) is 6.35. The van der Waals surface area contributed by atoms with E-state index in [2.05, 4.69) is 10.5 Å². The van der Waals surface area contributed by atoms with Gasteiger partial charge in [-0.1, -0.05) is 20.8 Å². The molecule has 0 aliphatic heterocycles. The first-order valence-electron chi connectivity index (χ1n) is 6.10. The van der Waals surface area contributed by atoms with Crippen LogP contribution in [0, 0.1) is 12.8 Å². The smallest absolute Gasteiger partial charge is 0.280 e. The van der Waals surface area contributed by atoms with E-state index in [1.54, 1.807) is 6.07 Å². The van der Waals surface area contributed by atoms with Gasteiger partial charge >= 0.3 is 0 Å². The van der Waals surface area contributed by atoms with Gasteiger partial charge < -0.3 is 4.98 Å². The van der Waals surface area contributed by atoms with E-state index >= 15 is 0 Å². The van der Waals surface area contributed by atoms with Crippen molar-refractivity contribution in [2.75, 3.05) is 6.61 Å².